The Hall–Kier alpha value is -1.28. The van der Waals surface area contributed by atoms with Crippen molar-refractivity contribution in [3.05, 3.63) is 41.0 Å². The van der Waals surface area contributed by atoms with E-state index >= 15 is 0 Å². The SMILES string of the molecule is CC(C)=CCOc1ccc(C)cc1[C@H](C)N. The van der Waals surface area contributed by atoms with Crippen molar-refractivity contribution in [2.24, 2.45) is 5.73 Å². The molecule has 0 aliphatic heterocycles. The Kier molecular flexibility index (Phi) is 4.56. The lowest BCUT2D eigenvalue weighted by molar-refractivity contribution is 0.356. The maximum atomic E-state index is 5.92. The predicted molar refractivity (Wildman–Crippen MR) is 68.7 cm³/mol. The molecule has 1 rings (SSSR count). The summed E-state index contributed by atoms with van der Waals surface area (Å²) >= 11 is 0. The van der Waals surface area contributed by atoms with Crippen molar-refractivity contribution in [3.8, 4) is 5.75 Å². The first kappa shape index (κ1) is 12.8. The minimum atomic E-state index is 0.00148. The number of hydrogen-bond acceptors (Lipinski definition) is 2. The first-order valence-electron chi connectivity index (χ1n) is 5.63. The molecule has 0 radical (unpaired) electrons. The van der Waals surface area contributed by atoms with E-state index in [1.165, 1.54) is 11.1 Å². The summed E-state index contributed by atoms with van der Waals surface area (Å²) in [7, 11) is 0. The van der Waals surface area contributed by atoms with Crippen molar-refractivity contribution >= 4 is 0 Å². The molecular formula is C14H21NO. The third-order valence-corrected chi connectivity index (χ3v) is 2.39. The van der Waals surface area contributed by atoms with Crippen LogP contribution in [0.2, 0.25) is 0 Å². The molecule has 0 fully saturated rings. The largest absolute Gasteiger partial charge is 0.489 e. The highest BCUT2D eigenvalue weighted by molar-refractivity contribution is 5.38. The van der Waals surface area contributed by atoms with Crippen LogP contribution in [-0.2, 0) is 0 Å². The maximum absolute atomic E-state index is 5.92. The van der Waals surface area contributed by atoms with E-state index in [2.05, 4.69) is 32.9 Å². The Morgan fingerprint density at radius 2 is 2.12 bits per heavy atom. The Morgan fingerprint density at radius 1 is 1.44 bits per heavy atom. The summed E-state index contributed by atoms with van der Waals surface area (Å²) in [5.41, 5.74) is 9.46. The molecule has 1 aromatic carbocycles. The standard InChI is InChI=1S/C14H21NO/c1-10(2)7-8-16-14-6-5-11(3)9-13(14)12(4)15/h5-7,9,12H,8,15H2,1-4H3/t12-/m0/s1. The van der Waals surface area contributed by atoms with Gasteiger partial charge < -0.3 is 10.5 Å². The van der Waals surface area contributed by atoms with Crippen LogP contribution in [0.15, 0.2) is 29.8 Å². The van der Waals surface area contributed by atoms with Crippen LogP contribution in [-0.4, -0.2) is 6.61 Å². The Balaban J connectivity index is 2.82. The molecule has 2 nitrogen and oxygen atoms in total. The fraction of sp³-hybridized carbons (Fsp3) is 0.429. The lowest BCUT2D eigenvalue weighted by Crippen LogP contribution is -2.08. The molecule has 0 unspecified atom stereocenters. The number of hydrogen-bond donors (Lipinski definition) is 1. The van der Waals surface area contributed by atoms with Crippen molar-refractivity contribution in [3.63, 3.8) is 0 Å². The zero-order valence-corrected chi connectivity index (χ0v) is 10.6. The van der Waals surface area contributed by atoms with E-state index in [9.17, 15) is 0 Å². The smallest absolute Gasteiger partial charge is 0.124 e. The minimum absolute atomic E-state index is 0.00148. The van der Waals surface area contributed by atoms with Gasteiger partial charge in [0.15, 0.2) is 0 Å². The van der Waals surface area contributed by atoms with E-state index in [-0.39, 0.29) is 6.04 Å². The first-order valence-corrected chi connectivity index (χ1v) is 5.63. The summed E-state index contributed by atoms with van der Waals surface area (Å²) in [4.78, 5) is 0. The molecule has 0 saturated heterocycles. The fourth-order valence-corrected chi connectivity index (χ4v) is 1.45. The first-order chi connectivity index (χ1) is 7.50. The zero-order valence-electron chi connectivity index (χ0n) is 10.6. The van der Waals surface area contributed by atoms with Crippen LogP contribution in [0.25, 0.3) is 0 Å². The maximum Gasteiger partial charge on any atom is 0.124 e. The highest BCUT2D eigenvalue weighted by Gasteiger charge is 2.07. The van der Waals surface area contributed by atoms with E-state index in [1.54, 1.807) is 0 Å². The second kappa shape index (κ2) is 5.71. The fourth-order valence-electron chi connectivity index (χ4n) is 1.45. The molecular weight excluding hydrogens is 198 g/mol. The minimum Gasteiger partial charge on any atom is -0.489 e. The summed E-state index contributed by atoms with van der Waals surface area (Å²) in [5.74, 6) is 0.887. The van der Waals surface area contributed by atoms with Crippen molar-refractivity contribution < 1.29 is 4.74 Å². The monoisotopic (exact) mass is 219 g/mol. The average molecular weight is 219 g/mol. The molecule has 2 N–H and O–H groups in total. The Labute approximate surface area is 98.1 Å². The van der Waals surface area contributed by atoms with E-state index in [4.69, 9.17) is 10.5 Å². The van der Waals surface area contributed by atoms with Crippen molar-refractivity contribution in [2.75, 3.05) is 6.61 Å². The molecule has 0 spiro atoms. The van der Waals surface area contributed by atoms with Gasteiger partial charge in [-0.25, -0.2) is 0 Å². The number of aryl methyl sites for hydroxylation is 1. The topological polar surface area (TPSA) is 35.2 Å². The molecule has 0 saturated carbocycles. The molecule has 2 heteroatoms. The van der Waals surface area contributed by atoms with Gasteiger partial charge in [-0.3, -0.25) is 0 Å². The highest BCUT2D eigenvalue weighted by atomic mass is 16.5. The zero-order chi connectivity index (χ0) is 12.1. The van der Waals surface area contributed by atoms with Crippen LogP contribution >= 0.6 is 0 Å². The van der Waals surface area contributed by atoms with Gasteiger partial charge in [-0.1, -0.05) is 23.3 Å². The summed E-state index contributed by atoms with van der Waals surface area (Å²) < 4.78 is 5.71. The van der Waals surface area contributed by atoms with Crippen LogP contribution in [0.4, 0.5) is 0 Å². The number of nitrogens with two attached hydrogens (primary N) is 1. The molecule has 1 atom stereocenters. The molecule has 0 aromatic heterocycles. The summed E-state index contributed by atoms with van der Waals surface area (Å²) in [6, 6.07) is 6.13. The highest BCUT2D eigenvalue weighted by Crippen LogP contribution is 2.24. The third kappa shape index (κ3) is 3.70. The van der Waals surface area contributed by atoms with Gasteiger partial charge in [0.05, 0.1) is 0 Å². The number of benzene rings is 1. The van der Waals surface area contributed by atoms with Gasteiger partial charge in [0.25, 0.3) is 0 Å². The van der Waals surface area contributed by atoms with Crippen LogP contribution < -0.4 is 10.5 Å². The normalized spacial score (nSPS) is 12.1. The Bertz CT molecular complexity index is 376. The summed E-state index contributed by atoms with van der Waals surface area (Å²) in [6.45, 7) is 8.76. The molecule has 0 amide bonds. The molecule has 0 aliphatic rings. The third-order valence-electron chi connectivity index (χ3n) is 2.39. The van der Waals surface area contributed by atoms with Gasteiger partial charge >= 0.3 is 0 Å². The van der Waals surface area contributed by atoms with Gasteiger partial charge in [0.1, 0.15) is 12.4 Å². The van der Waals surface area contributed by atoms with E-state index < -0.39 is 0 Å². The lowest BCUT2D eigenvalue weighted by atomic mass is 10.1. The van der Waals surface area contributed by atoms with Gasteiger partial charge in [-0.05, 0) is 39.8 Å². The van der Waals surface area contributed by atoms with Crippen molar-refractivity contribution in [2.45, 2.75) is 33.7 Å². The molecule has 16 heavy (non-hydrogen) atoms. The van der Waals surface area contributed by atoms with Gasteiger partial charge in [-0.2, -0.15) is 0 Å². The summed E-state index contributed by atoms with van der Waals surface area (Å²) in [6.07, 6.45) is 2.06. The predicted octanol–water partition coefficient (Wildman–Crippen LogP) is 3.36. The average Bonchev–Trinajstić information content (AvgIpc) is 2.19. The molecule has 0 heterocycles. The van der Waals surface area contributed by atoms with Gasteiger partial charge in [0.2, 0.25) is 0 Å². The quantitative estimate of drug-likeness (QED) is 0.788. The number of rotatable bonds is 4. The van der Waals surface area contributed by atoms with Crippen molar-refractivity contribution in [1.82, 2.24) is 0 Å². The van der Waals surface area contributed by atoms with Crippen LogP contribution in [0.1, 0.15) is 37.9 Å². The number of ether oxygens (including phenoxy) is 1. The van der Waals surface area contributed by atoms with Gasteiger partial charge in [-0.15, -0.1) is 0 Å². The lowest BCUT2D eigenvalue weighted by Gasteiger charge is -2.14. The van der Waals surface area contributed by atoms with E-state index in [0.717, 1.165) is 11.3 Å². The number of allylic oxidation sites excluding steroid dienone is 1. The molecule has 88 valence electrons. The molecule has 1 aromatic rings. The van der Waals surface area contributed by atoms with E-state index in [1.807, 2.05) is 19.1 Å². The molecule has 0 bridgehead atoms. The summed E-state index contributed by atoms with van der Waals surface area (Å²) in [5, 5.41) is 0. The van der Waals surface area contributed by atoms with Gasteiger partial charge in [0, 0.05) is 11.6 Å². The molecule has 0 aliphatic carbocycles. The van der Waals surface area contributed by atoms with Crippen LogP contribution in [0.3, 0.4) is 0 Å². The second-order valence-corrected chi connectivity index (χ2v) is 4.42. The second-order valence-electron chi connectivity index (χ2n) is 4.42. The van der Waals surface area contributed by atoms with Crippen molar-refractivity contribution in [1.29, 1.82) is 0 Å². The van der Waals surface area contributed by atoms with Crippen LogP contribution in [0.5, 0.6) is 5.75 Å². The van der Waals surface area contributed by atoms with E-state index in [0.29, 0.717) is 6.61 Å². The Morgan fingerprint density at radius 3 is 2.69 bits per heavy atom. The van der Waals surface area contributed by atoms with Crippen LogP contribution in [0, 0.1) is 6.92 Å².